The van der Waals surface area contributed by atoms with Crippen LogP contribution in [0.4, 0.5) is 10.1 Å². The molecule has 1 aliphatic heterocycles. The summed E-state index contributed by atoms with van der Waals surface area (Å²) in [5.74, 6) is -0.515. The molecule has 7 nitrogen and oxygen atoms in total. The molecule has 0 saturated carbocycles. The molecule has 2 amide bonds. The highest BCUT2D eigenvalue weighted by Gasteiger charge is 2.27. The molecule has 1 atom stereocenters. The molecule has 1 saturated heterocycles. The second-order valence-corrected chi connectivity index (χ2v) is 8.73. The van der Waals surface area contributed by atoms with E-state index in [1.807, 2.05) is 6.07 Å². The SMILES string of the molecule is CCN(CC)Cc1cc2nccc(Oc3ccc(NC(=O)C4CCC(=O)N4)cc3F)c2s1. The third-order valence-electron chi connectivity index (χ3n) is 5.43. The number of amides is 2. The van der Waals surface area contributed by atoms with Gasteiger partial charge < -0.3 is 15.4 Å². The van der Waals surface area contributed by atoms with E-state index in [1.165, 1.54) is 17.0 Å². The van der Waals surface area contributed by atoms with E-state index in [0.29, 0.717) is 24.3 Å². The highest BCUT2D eigenvalue weighted by Crippen LogP contribution is 2.36. The maximum absolute atomic E-state index is 14.7. The van der Waals surface area contributed by atoms with Gasteiger partial charge in [0.2, 0.25) is 11.8 Å². The number of halogens is 1. The summed E-state index contributed by atoms with van der Waals surface area (Å²) in [6.07, 6.45) is 2.40. The lowest BCUT2D eigenvalue weighted by molar-refractivity contribution is -0.122. The van der Waals surface area contributed by atoms with Gasteiger partial charge in [0.1, 0.15) is 11.8 Å². The lowest BCUT2D eigenvalue weighted by Gasteiger charge is -2.16. The Morgan fingerprint density at radius 3 is 2.78 bits per heavy atom. The van der Waals surface area contributed by atoms with Crippen molar-refractivity contribution < 1.29 is 18.7 Å². The van der Waals surface area contributed by atoms with Crippen LogP contribution in [0.15, 0.2) is 36.5 Å². The zero-order valence-electron chi connectivity index (χ0n) is 18.0. The Bertz CT molecular complexity index is 1150. The van der Waals surface area contributed by atoms with Crippen molar-refractivity contribution in [2.75, 3.05) is 18.4 Å². The number of carbonyl (C=O) groups is 2. The van der Waals surface area contributed by atoms with Crippen molar-refractivity contribution in [1.82, 2.24) is 15.2 Å². The first-order chi connectivity index (χ1) is 15.5. The molecule has 3 heterocycles. The minimum Gasteiger partial charge on any atom is -0.453 e. The summed E-state index contributed by atoms with van der Waals surface area (Å²) in [6.45, 7) is 7.01. The summed E-state index contributed by atoms with van der Waals surface area (Å²) < 4.78 is 21.5. The van der Waals surface area contributed by atoms with Gasteiger partial charge in [-0.25, -0.2) is 4.39 Å². The standard InChI is InChI=1S/C23H25FN4O3S/c1-3-28(4-2)13-15-12-18-22(32-15)20(9-10-25-18)31-19-7-5-14(11-16(19)24)26-23(30)17-6-8-21(29)27-17/h5,7,9-12,17H,3-4,6,8,13H2,1-2H3,(H,26,30)(H,27,29). The third kappa shape index (κ3) is 4.89. The van der Waals surface area contributed by atoms with Crippen LogP contribution in [-0.4, -0.2) is 40.8 Å². The van der Waals surface area contributed by atoms with Crippen LogP contribution < -0.4 is 15.4 Å². The number of nitrogens with zero attached hydrogens (tertiary/aromatic N) is 2. The first kappa shape index (κ1) is 22.2. The van der Waals surface area contributed by atoms with Crippen molar-refractivity contribution in [3.8, 4) is 11.5 Å². The summed E-state index contributed by atoms with van der Waals surface area (Å²) in [5, 5.41) is 5.23. The Balaban J connectivity index is 1.49. The quantitative estimate of drug-likeness (QED) is 0.528. The van der Waals surface area contributed by atoms with Crippen LogP contribution in [0.3, 0.4) is 0 Å². The monoisotopic (exact) mass is 456 g/mol. The van der Waals surface area contributed by atoms with Gasteiger partial charge in [-0.15, -0.1) is 11.3 Å². The topological polar surface area (TPSA) is 83.6 Å². The van der Waals surface area contributed by atoms with E-state index in [1.54, 1.807) is 29.7 Å². The van der Waals surface area contributed by atoms with Gasteiger partial charge in [-0.05, 0) is 37.7 Å². The van der Waals surface area contributed by atoms with E-state index in [-0.39, 0.29) is 17.6 Å². The van der Waals surface area contributed by atoms with E-state index in [2.05, 4.69) is 34.4 Å². The number of fused-ring (bicyclic) bond motifs is 1. The van der Waals surface area contributed by atoms with E-state index >= 15 is 0 Å². The van der Waals surface area contributed by atoms with Gasteiger partial charge in [-0.1, -0.05) is 13.8 Å². The molecule has 1 unspecified atom stereocenters. The highest BCUT2D eigenvalue weighted by atomic mass is 32.1. The molecule has 3 aromatic rings. The molecule has 0 spiro atoms. The maximum atomic E-state index is 14.7. The molecule has 4 rings (SSSR count). The Kier molecular flexibility index (Phi) is 6.66. The van der Waals surface area contributed by atoms with Gasteiger partial charge >= 0.3 is 0 Å². The highest BCUT2D eigenvalue weighted by molar-refractivity contribution is 7.19. The molecule has 0 aliphatic carbocycles. The number of benzene rings is 1. The van der Waals surface area contributed by atoms with Gasteiger partial charge in [0.25, 0.3) is 0 Å². The van der Waals surface area contributed by atoms with Crippen LogP contribution in [0, 0.1) is 5.82 Å². The van der Waals surface area contributed by atoms with E-state index in [4.69, 9.17) is 4.74 Å². The second kappa shape index (κ2) is 9.62. The number of hydrogen-bond donors (Lipinski definition) is 2. The van der Waals surface area contributed by atoms with Crippen LogP contribution >= 0.6 is 11.3 Å². The normalized spacial score (nSPS) is 15.9. The van der Waals surface area contributed by atoms with Crippen molar-refractivity contribution in [2.45, 2.75) is 39.3 Å². The van der Waals surface area contributed by atoms with Gasteiger partial charge in [0, 0.05) is 41.9 Å². The van der Waals surface area contributed by atoms with E-state index in [0.717, 1.165) is 29.9 Å². The summed E-state index contributed by atoms with van der Waals surface area (Å²) in [6, 6.07) is 7.44. The minimum absolute atomic E-state index is 0.0587. The number of carbonyl (C=O) groups excluding carboxylic acids is 2. The van der Waals surface area contributed by atoms with Crippen LogP contribution in [0.5, 0.6) is 11.5 Å². The summed E-state index contributed by atoms with van der Waals surface area (Å²) in [7, 11) is 0. The van der Waals surface area contributed by atoms with Crippen molar-refractivity contribution in [1.29, 1.82) is 0 Å². The molecular formula is C23H25FN4O3S. The smallest absolute Gasteiger partial charge is 0.246 e. The fourth-order valence-electron chi connectivity index (χ4n) is 3.61. The fourth-order valence-corrected chi connectivity index (χ4v) is 4.72. The van der Waals surface area contributed by atoms with Crippen LogP contribution in [-0.2, 0) is 16.1 Å². The minimum atomic E-state index is -0.594. The molecule has 1 aliphatic rings. The van der Waals surface area contributed by atoms with Gasteiger partial charge in [0.05, 0.1) is 10.2 Å². The number of nitrogens with one attached hydrogen (secondary N) is 2. The molecule has 2 N–H and O–H groups in total. The van der Waals surface area contributed by atoms with E-state index in [9.17, 15) is 14.0 Å². The zero-order chi connectivity index (χ0) is 22.7. The Morgan fingerprint density at radius 1 is 1.28 bits per heavy atom. The molecular weight excluding hydrogens is 431 g/mol. The molecule has 1 fully saturated rings. The van der Waals surface area contributed by atoms with Crippen LogP contribution in [0.25, 0.3) is 10.2 Å². The molecule has 2 aromatic heterocycles. The number of pyridine rings is 1. The summed E-state index contributed by atoms with van der Waals surface area (Å²) in [4.78, 5) is 31.4. The summed E-state index contributed by atoms with van der Waals surface area (Å²) >= 11 is 1.59. The number of anilines is 1. The van der Waals surface area contributed by atoms with Crippen molar-refractivity contribution in [3.05, 3.63) is 47.2 Å². The first-order valence-corrected chi connectivity index (χ1v) is 11.5. The largest absolute Gasteiger partial charge is 0.453 e. The molecule has 1 aromatic carbocycles. The average Bonchev–Trinajstić information content (AvgIpc) is 3.40. The lowest BCUT2D eigenvalue weighted by atomic mass is 10.2. The number of rotatable bonds is 8. The second-order valence-electron chi connectivity index (χ2n) is 7.59. The van der Waals surface area contributed by atoms with Crippen molar-refractivity contribution in [3.63, 3.8) is 0 Å². The molecule has 168 valence electrons. The number of aromatic nitrogens is 1. The molecule has 0 bridgehead atoms. The molecule has 32 heavy (non-hydrogen) atoms. The number of thiophene rings is 1. The Morgan fingerprint density at radius 2 is 2.09 bits per heavy atom. The predicted molar refractivity (Wildman–Crippen MR) is 123 cm³/mol. The fraction of sp³-hybridized carbons (Fsp3) is 0.348. The Labute approximate surface area is 189 Å². The lowest BCUT2D eigenvalue weighted by Crippen LogP contribution is -2.37. The Hall–Kier alpha value is -3.04. The van der Waals surface area contributed by atoms with Crippen molar-refractivity contribution >= 4 is 39.1 Å². The molecule has 9 heteroatoms. The van der Waals surface area contributed by atoms with Gasteiger partial charge in [0.15, 0.2) is 11.6 Å². The van der Waals surface area contributed by atoms with E-state index < -0.39 is 11.9 Å². The van der Waals surface area contributed by atoms with Crippen LogP contribution in [0.2, 0.25) is 0 Å². The summed E-state index contributed by atoms with van der Waals surface area (Å²) in [5.41, 5.74) is 1.12. The predicted octanol–water partition coefficient (Wildman–Crippen LogP) is 4.29. The van der Waals surface area contributed by atoms with Gasteiger partial charge in [-0.3, -0.25) is 19.5 Å². The van der Waals surface area contributed by atoms with Crippen molar-refractivity contribution in [2.24, 2.45) is 0 Å². The first-order valence-electron chi connectivity index (χ1n) is 10.6. The number of ether oxygens (including phenoxy) is 1. The maximum Gasteiger partial charge on any atom is 0.246 e. The average molecular weight is 457 g/mol. The molecule has 0 radical (unpaired) electrons. The van der Waals surface area contributed by atoms with Gasteiger partial charge in [-0.2, -0.15) is 0 Å². The zero-order valence-corrected chi connectivity index (χ0v) is 18.8. The third-order valence-corrected chi connectivity index (χ3v) is 6.56. The van der Waals surface area contributed by atoms with Crippen LogP contribution in [0.1, 0.15) is 31.6 Å². The number of hydrogen-bond acceptors (Lipinski definition) is 6.